The fourth-order valence-electron chi connectivity index (χ4n) is 2.39. The molecule has 0 fully saturated rings. The number of aromatic nitrogens is 1. The van der Waals surface area contributed by atoms with Crippen molar-refractivity contribution in [1.29, 1.82) is 0 Å². The maximum absolute atomic E-state index is 13.7. The van der Waals surface area contributed by atoms with Crippen LogP contribution in [0.2, 0.25) is 0 Å². The number of nitrogens with zero attached hydrogens (tertiary/aromatic N) is 1. The van der Waals surface area contributed by atoms with Gasteiger partial charge in [0.05, 0.1) is 20.3 Å². The quantitative estimate of drug-likeness (QED) is 0.577. The Morgan fingerprint density at radius 1 is 1.25 bits per heavy atom. The first kappa shape index (κ1) is 17.0. The number of alkyl halides is 3. The number of hydrogen-bond acceptors (Lipinski definition) is 2. The Morgan fingerprint density at radius 2 is 1.88 bits per heavy atom. The lowest BCUT2D eigenvalue weighted by molar-refractivity contribution is -0.137. The third kappa shape index (κ3) is 2.93. The zero-order chi connectivity index (χ0) is 17.6. The Morgan fingerprint density at radius 3 is 2.42 bits per heavy atom. The van der Waals surface area contributed by atoms with E-state index >= 15 is 0 Å². The molecule has 0 aliphatic heterocycles. The Kier molecular flexibility index (Phi) is 4.16. The van der Waals surface area contributed by atoms with Crippen molar-refractivity contribution in [1.82, 2.24) is 4.57 Å². The molecule has 2 aromatic heterocycles. The van der Waals surface area contributed by atoms with Crippen LogP contribution < -0.4 is 0 Å². The highest BCUT2D eigenvalue weighted by Crippen LogP contribution is 2.37. The second kappa shape index (κ2) is 5.89. The fourth-order valence-corrected chi connectivity index (χ4v) is 4.05. The Bertz CT molecular complexity index is 928. The van der Waals surface area contributed by atoms with Gasteiger partial charge in [0.2, 0.25) is 0 Å². The van der Waals surface area contributed by atoms with Crippen molar-refractivity contribution in [2.75, 3.05) is 0 Å². The molecule has 1 aromatic carbocycles. The van der Waals surface area contributed by atoms with Gasteiger partial charge in [0.25, 0.3) is 0 Å². The number of hydrogen-bond donors (Lipinski definition) is 1. The molecule has 0 spiro atoms. The predicted octanol–water partition coefficient (Wildman–Crippen LogP) is 5.37. The third-order valence-electron chi connectivity index (χ3n) is 3.48. The van der Waals surface area contributed by atoms with Crippen LogP contribution in [-0.2, 0) is 12.7 Å². The zero-order valence-corrected chi connectivity index (χ0v) is 14.1. The molecule has 0 aliphatic rings. The minimum atomic E-state index is -4.44. The van der Waals surface area contributed by atoms with Crippen LogP contribution in [0.15, 0.2) is 34.8 Å². The number of halogens is 5. The SMILES string of the molecule is O=C(O)c1cc2sc(F)c(Br)c2n1Cc1ccc(C(F)(F)F)cc1. The van der Waals surface area contributed by atoms with Gasteiger partial charge in [0.15, 0.2) is 5.13 Å². The summed E-state index contributed by atoms with van der Waals surface area (Å²) in [6, 6.07) is 5.76. The van der Waals surface area contributed by atoms with Gasteiger partial charge in [0, 0.05) is 6.54 Å². The summed E-state index contributed by atoms with van der Waals surface area (Å²) in [7, 11) is 0. The highest BCUT2D eigenvalue weighted by Gasteiger charge is 2.30. The fraction of sp³-hybridized carbons (Fsp3) is 0.133. The molecule has 2 heterocycles. The van der Waals surface area contributed by atoms with Crippen LogP contribution in [0.4, 0.5) is 17.6 Å². The number of carbonyl (C=O) groups is 1. The summed E-state index contributed by atoms with van der Waals surface area (Å²) in [6.07, 6.45) is -4.44. The van der Waals surface area contributed by atoms with Gasteiger partial charge in [-0.25, -0.2) is 4.79 Å². The van der Waals surface area contributed by atoms with Crippen molar-refractivity contribution in [2.45, 2.75) is 12.7 Å². The van der Waals surface area contributed by atoms with Gasteiger partial charge in [-0.05, 0) is 39.7 Å². The van der Waals surface area contributed by atoms with Gasteiger partial charge >= 0.3 is 12.1 Å². The van der Waals surface area contributed by atoms with Crippen LogP contribution in [0, 0.1) is 5.13 Å². The summed E-state index contributed by atoms with van der Waals surface area (Å²) in [5, 5.41) is 8.81. The van der Waals surface area contributed by atoms with Crippen LogP contribution in [0.25, 0.3) is 10.2 Å². The standard InChI is InChI=1S/C15H8BrF4NO2S/c16-11-12-10(24-13(11)17)5-9(14(22)23)21(12)6-7-1-3-8(4-2-7)15(18,19)20/h1-5H,6H2,(H,22,23). The van der Waals surface area contributed by atoms with Crippen LogP contribution in [-0.4, -0.2) is 15.6 Å². The van der Waals surface area contributed by atoms with E-state index in [2.05, 4.69) is 15.9 Å². The summed E-state index contributed by atoms with van der Waals surface area (Å²) in [5.41, 5.74) is -0.00160. The van der Waals surface area contributed by atoms with Crippen LogP contribution >= 0.6 is 27.3 Å². The minimum Gasteiger partial charge on any atom is -0.477 e. The molecule has 3 nitrogen and oxygen atoms in total. The van der Waals surface area contributed by atoms with E-state index in [1.165, 1.54) is 22.8 Å². The molecule has 0 atom stereocenters. The summed E-state index contributed by atoms with van der Waals surface area (Å²) in [5.74, 6) is -1.20. The molecule has 24 heavy (non-hydrogen) atoms. The van der Waals surface area contributed by atoms with Gasteiger partial charge in [-0.2, -0.15) is 17.6 Å². The van der Waals surface area contributed by atoms with Gasteiger partial charge in [0.1, 0.15) is 5.69 Å². The lowest BCUT2D eigenvalue weighted by Crippen LogP contribution is -2.10. The van der Waals surface area contributed by atoms with E-state index in [1.807, 2.05) is 0 Å². The second-order valence-corrected chi connectivity index (χ2v) is 6.81. The summed E-state index contributed by atoms with van der Waals surface area (Å²) < 4.78 is 53.4. The molecular weight excluding hydrogens is 414 g/mol. The molecule has 3 aromatic rings. The summed E-state index contributed by atoms with van der Waals surface area (Å²) in [4.78, 5) is 11.4. The average molecular weight is 422 g/mol. The smallest absolute Gasteiger partial charge is 0.416 e. The van der Waals surface area contributed by atoms with E-state index < -0.39 is 22.8 Å². The lowest BCUT2D eigenvalue weighted by atomic mass is 10.1. The number of carboxylic acids is 1. The largest absolute Gasteiger partial charge is 0.477 e. The molecule has 0 unspecified atom stereocenters. The van der Waals surface area contributed by atoms with E-state index in [-0.39, 0.29) is 16.7 Å². The number of thiophene rings is 1. The maximum Gasteiger partial charge on any atom is 0.416 e. The Balaban J connectivity index is 2.05. The van der Waals surface area contributed by atoms with Gasteiger partial charge < -0.3 is 9.67 Å². The molecule has 0 saturated carbocycles. The molecule has 3 rings (SSSR count). The summed E-state index contributed by atoms with van der Waals surface area (Å²) in [6.45, 7) is 0.0119. The van der Waals surface area contributed by atoms with E-state index in [1.54, 1.807) is 0 Å². The molecule has 9 heteroatoms. The third-order valence-corrected chi connectivity index (χ3v) is 5.38. The molecule has 126 valence electrons. The van der Waals surface area contributed by atoms with Crippen molar-refractivity contribution in [3.05, 3.63) is 56.8 Å². The highest BCUT2D eigenvalue weighted by atomic mass is 79.9. The zero-order valence-electron chi connectivity index (χ0n) is 11.7. The van der Waals surface area contributed by atoms with Crippen LogP contribution in [0.3, 0.4) is 0 Å². The van der Waals surface area contributed by atoms with Crippen molar-refractivity contribution < 1.29 is 27.5 Å². The van der Waals surface area contributed by atoms with E-state index in [9.17, 15) is 27.5 Å². The van der Waals surface area contributed by atoms with E-state index in [4.69, 9.17) is 0 Å². The Hall–Kier alpha value is -1.87. The second-order valence-electron chi connectivity index (χ2n) is 5.02. The number of benzene rings is 1. The van der Waals surface area contributed by atoms with E-state index in [0.717, 1.165) is 23.5 Å². The monoisotopic (exact) mass is 421 g/mol. The number of aromatic carboxylic acids is 1. The topological polar surface area (TPSA) is 42.2 Å². The number of carboxylic acid groups (broad SMARTS) is 1. The van der Waals surface area contributed by atoms with Gasteiger partial charge in [-0.3, -0.25) is 0 Å². The van der Waals surface area contributed by atoms with Crippen molar-refractivity contribution >= 4 is 43.5 Å². The van der Waals surface area contributed by atoms with Crippen molar-refractivity contribution in [2.24, 2.45) is 0 Å². The van der Waals surface area contributed by atoms with Gasteiger partial charge in [-0.1, -0.05) is 12.1 Å². The molecule has 0 saturated heterocycles. The molecule has 1 N–H and O–H groups in total. The van der Waals surface area contributed by atoms with Crippen LogP contribution in [0.5, 0.6) is 0 Å². The maximum atomic E-state index is 13.7. The lowest BCUT2D eigenvalue weighted by Gasteiger charge is -2.10. The first-order valence-corrected chi connectivity index (χ1v) is 8.16. The normalized spacial score (nSPS) is 12.0. The summed E-state index contributed by atoms with van der Waals surface area (Å²) >= 11 is 3.89. The first-order chi connectivity index (χ1) is 11.2. The Labute approximate surface area is 145 Å². The number of rotatable bonds is 3. The molecule has 0 amide bonds. The molecule has 0 radical (unpaired) electrons. The molecular formula is C15H8BrF4NO2S. The van der Waals surface area contributed by atoms with Crippen LogP contribution in [0.1, 0.15) is 21.6 Å². The molecule has 0 aliphatic carbocycles. The van der Waals surface area contributed by atoms with Crippen molar-refractivity contribution in [3.63, 3.8) is 0 Å². The average Bonchev–Trinajstić information content (AvgIpc) is 2.97. The first-order valence-electron chi connectivity index (χ1n) is 6.55. The number of fused-ring (bicyclic) bond motifs is 1. The predicted molar refractivity (Wildman–Crippen MR) is 85.0 cm³/mol. The highest BCUT2D eigenvalue weighted by molar-refractivity contribution is 9.10. The minimum absolute atomic E-state index is 0.0119. The van der Waals surface area contributed by atoms with Gasteiger partial charge in [-0.15, -0.1) is 11.3 Å². The van der Waals surface area contributed by atoms with Crippen molar-refractivity contribution in [3.8, 4) is 0 Å². The molecule has 0 bridgehead atoms. The van der Waals surface area contributed by atoms with E-state index in [0.29, 0.717) is 15.8 Å².